The van der Waals surface area contributed by atoms with Crippen LogP contribution in [0.5, 0.6) is 0 Å². The number of piperidine rings is 1. The van der Waals surface area contributed by atoms with E-state index in [0.717, 1.165) is 48.9 Å². The number of aromatic nitrogens is 3. The normalized spacial score (nSPS) is 18.3. The monoisotopic (exact) mass is 349 g/mol. The Kier molecular flexibility index (Phi) is 4.67. The summed E-state index contributed by atoms with van der Waals surface area (Å²) in [6.07, 6.45) is 8.30. The van der Waals surface area contributed by atoms with E-state index < -0.39 is 0 Å². The van der Waals surface area contributed by atoms with E-state index in [4.69, 9.17) is 5.73 Å². The summed E-state index contributed by atoms with van der Waals surface area (Å²) in [6, 6.07) is 10.7. The Morgan fingerprint density at radius 3 is 2.96 bits per heavy atom. The second kappa shape index (κ2) is 7.25. The average Bonchev–Trinajstić information content (AvgIpc) is 3.05. The molecule has 6 nitrogen and oxygen atoms in total. The third-order valence-electron chi connectivity index (χ3n) is 4.89. The van der Waals surface area contributed by atoms with E-state index in [2.05, 4.69) is 51.9 Å². The molecule has 1 saturated heterocycles. The molecule has 1 atom stereocenters. The molecule has 1 aromatic carbocycles. The van der Waals surface area contributed by atoms with Crippen molar-refractivity contribution in [3.05, 3.63) is 60.0 Å². The predicted molar refractivity (Wildman–Crippen MR) is 103 cm³/mol. The fraction of sp³-hybridized carbons (Fsp3) is 0.350. The minimum Gasteiger partial charge on any atom is -0.383 e. The molecule has 0 amide bonds. The third-order valence-corrected chi connectivity index (χ3v) is 4.89. The smallest absolute Gasteiger partial charge is 0.179 e. The molecule has 0 bridgehead atoms. The van der Waals surface area contributed by atoms with Crippen LogP contribution in [-0.4, -0.2) is 34.7 Å². The molecule has 1 aliphatic rings. The lowest BCUT2D eigenvalue weighted by Gasteiger charge is -2.19. The minimum atomic E-state index is 0.292. The van der Waals surface area contributed by atoms with Gasteiger partial charge in [0.15, 0.2) is 12.4 Å². The zero-order chi connectivity index (χ0) is 17.9. The molecule has 0 aliphatic carbocycles. The van der Waals surface area contributed by atoms with E-state index in [0.29, 0.717) is 11.9 Å². The molecule has 4 rings (SSSR count). The van der Waals surface area contributed by atoms with E-state index in [1.807, 2.05) is 28.7 Å². The van der Waals surface area contributed by atoms with Gasteiger partial charge < -0.3 is 11.1 Å². The first-order valence-corrected chi connectivity index (χ1v) is 9.13. The first-order chi connectivity index (χ1) is 12.7. The maximum absolute atomic E-state index is 6.20. The average molecular weight is 349 g/mol. The van der Waals surface area contributed by atoms with Crippen LogP contribution in [0.25, 0.3) is 10.9 Å². The number of nitrogens with one attached hydrogen (secondary N) is 1. The highest BCUT2D eigenvalue weighted by Gasteiger charge is 2.12. The van der Waals surface area contributed by atoms with Gasteiger partial charge in [0, 0.05) is 18.2 Å². The van der Waals surface area contributed by atoms with Gasteiger partial charge in [-0.05, 0) is 24.9 Å². The first-order valence-electron chi connectivity index (χ1n) is 9.13. The van der Waals surface area contributed by atoms with Crippen molar-refractivity contribution in [2.75, 3.05) is 13.1 Å². The van der Waals surface area contributed by atoms with Crippen LogP contribution in [0.1, 0.15) is 24.0 Å². The van der Waals surface area contributed by atoms with Gasteiger partial charge in [-0.25, -0.2) is 4.57 Å². The standard InChI is InChI=1S/C20H25N6/c1-25-10-8-19-17(14-25)11-23-26(19)13-15-4-6-16(7-5-15)20(21)24-18-3-2-9-22-12-18/h4-8,10-11,14,18,22H,2-3,9,12-13H2,1H3,(H2,21,24)/q+1. The van der Waals surface area contributed by atoms with Crippen molar-refractivity contribution >= 4 is 16.7 Å². The van der Waals surface area contributed by atoms with Crippen molar-refractivity contribution < 1.29 is 4.57 Å². The lowest BCUT2D eigenvalue weighted by molar-refractivity contribution is -0.670. The van der Waals surface area contributed by atoms with E-state index >= 15 is 0 Å². The van der Waals surface area contributed by atoms with Crippen LogP contribution < -0.4 is 15.6 Å². The molecule has 3 N–H and O–H groups in total. The van der Waals surface area contributed by atoms with Gasteiger partial charge in [0.25, 0.3) is 0 Å². The number of aliphatic imine (C=N–C) groups is 1. The lowest BCUT2D eigenvalue weighted by atomic mass is 10.1. The van der Waals surface area contributed by atoms with Crippen LogP contribution in [0.15, 0.2) is 53.9 Å². The number of benzene rings is 1. The van der Waals surface area contributed by atoms with Gasteiger partial charge in [-0.3, -0.25) is 9.67 Å². The van der Waals surface area contributed by atoms with Crippen molar-refractivity contribution in [2.45, 2.75) is 25.4 Å². The molecule has 134 valence electrons. The Labute approximate surface area is 153 Å². The van der Waals surface area contributed by atoms with E-state index in [1.54, 1.807) is 0 Å². The largest absolute Gasteiger partial charge is 0.383 e. The first kappa shape index (κ1) is 16.7. The van der Waals surface area contributed by atoms with Crippen LogP contribution in [0.3, 0.4) is 0 Å². The highest BCUT2D eigenvalue weighted by atomic mass is 15.3. The Bertz CT molecular complexity index is 919. The van der Waals surface area contributed by atoms with Gasteiger partial charge in [-0.15, -0.1) is 0 Å². The molecule has 2 aromatic heterocycles. The summed E-state index contributed by atoms with van der Waals surface area (Å²) in [5, 5.41) is 9.03. The van der Waals surface area contributed by atoms with Gasteiger partial charge in [0.1, 0.15) is 12.9 Å². The van der Waals surface area contributed by atoms with Crippen LogP contribution in [-0.2, 0) is 13.6 Å². The fourth-order valence-corrected chi connectivity index (χ4v) is 3.44. The number of aryl methyl sites for hydroxylation is 1. The van der Waals surface area contributed by atoms with Gasteiger partial charge in [0.2, 0.25) is 0 Å². The molecule has 6 heteroatoms. The summed E-state index contributed by atoms with van der Waals surface area (Å²) in [5.74, 6) is 0.627. The maximum atomic E-state index is 6.20. The number of hydrogen-bond donors (Lipinski definition) is 2. The summed E-state index contributed by atoms with van der Waals surface area (Å²) in [6.45, 7) is 2.74. The van der Waals surface area contributed by atoms with Crippen LogP contribution in [0.2, 0.25) is 0 Å². The molecule has 3 heterocycles. The Morgan fingerprint density at radius 2 is 2.19 bits per heavy atom. The van der Waals surface area contributed by atoms with Crippen LogP contribution in [0, 0.1) is 0 Å². The van der Waals surface area contributed by atoms with Gasteiger partial charge >= 0.3 is 0 Å². The van der Waals surface area contributed by atoms with Crippen LogP contribution in [0.4, 0.5) is 0 Å². The van der Waals surface area contributed by atoms with Crippen molar-refractivity contribution in [1.29, 1.82) is 0 Å². The number of pyridine rings is 1. The molecule has 0 spiro atoms. The molecule has 1 unspecified atom stereocenters. The molecular weight excluding hydrogens is 324 g/mol. The zero-order valence-corrected chi connectivity index (χ0v) is 15.1. The number of hydrogen-bond acceptors (Lipinski definition) is 3. The van der Waals surface area contributed by atoms with Crippen LogP contribution >= 0.6 is 0 Å². The maximum Gasteiger partial charge on any atom is 0.179 e. The number of amidine groups is 1. The van der Waals surface area contributed by atoms with E-state index in [9.17, 15) is 0 Å². The lowest BCUT2D eigenvalue weighted by Crippen LogP contribution is -2.34. The molecular formula is C20H25N6+. The predicted octanol–water partition coefficient (Wildman–Crippen LogP) is 1.37. The topological polar surface area (TPSA) is 72.1 Å². The van der Waals surface area contributed by atoms with Crippen molar-refractivity contribution in [1.82, 2.24) is 15.1 Å². The highest BCUT2D eigenvalue weighted by molar-refractivity contribution is 5.97. The summed E-state index contributed by atoms with van der Waals surface area (Å²) in [5.41, 5.74) is 9.52. The number of nitrogens with two attached hydrogens (primary N) is 1. The SMILES string of the molecule is C[n+]1ccc2c(cnn2Cc2ccc(C(N)=NC3CCCNC3)cc2)c1. The van der Waals surface area contributed by atoms with E-state index in [-0.39, 0.29) is 0 Å². The summed E-state index contributed by atoms with van der Waals surface area (Å²) in [7, 11) is 2.02. The molecule has 1 aliphatic heterocycles. The number of nitrogens with zero attached hydrogens (tertiary/aromatic N) is 4. The Morgan fingerprint density at radius 1 is 1.35 bits per heavy atom. The molecule has 0 radical (unpaired) electrons. The summed E-state index contributed by atoms with van der Waals surface area (Å²) in [4.78, 5) is 4.67. The summed E-state index contributed by atoms with van der Waals surface area (Å²) < 4.78 is 4.06. The molecule has 0 saturated carbocycles. The Balaban J connectivity index is 1.49. The molecule has 1 fully saturated rings. The second-order valence-corrected chi connectivity index (χ2v) is 6.96. The van der Waals surface area contributed by atoms with Crippen molar-refractivity contribution in [2.24, 2.45) is 17.8 Å². The van der Waals surface area contributed by atoms with Gasteiger partial charge in [-0.2, -0.15) is 5.10 Å². The number of fused-ring (bicyclic) bond motifs is 1. The van der Waals surface area contributed by atoms with Gasteiger partial charge in [0.05, 0.1) is 29.7 Å². The molecule has 26 heavy (non-hydrogen) atoms. The highest BCUT2D eigenvalue weighted by Crippen LogP contribution is 2.14. The fourth-order valence-electron chi connectivity index (χ4n) is 3.44. The quantitative estimate of drug-likeness (QED) is 0.424. The second-order valence-electron chi connectivity index (χ2n) is 6.96. The third kappa shape index (κ3) is 3.60. The van der Waals surface area contributed by atoms with E-state index in [1.165, 1.54) is 5.56 Å². The molecule has 3 aromatic rings. The number of rotatable bonds is 4. The van der Waals surface area contributed by atoms with Gasteiger partial charge in [-0.1, -0.05) is 24.3 Å². The summed E-state index contributed by atoms with van der Waals surface area (Å²) >= 11 is 0. The minimum absolute atomic E-state index is 0.292. The Hall–Kier alpha value is -2.73. The van der Waals surface area contributed by atoms with Crippen molar-refractivity contribution in [3.63, 3.8) is 0 Å². The zero-order valence-electron chi connectivity index (χ0n) is 15.1. The van der Waals surface area contributed by atoms with Crippen molar-refractivity contribution in [3.8, 4) is 0 Å².